The van der Waals surface area contributed by atoms with Gasteiger partial charge in [-0.1, -0.05) is 121 Å². The van der Waals surface area contributed by atoms with Crippen LogP contribution in [-0.4, -0.2) is 170 Å². The number of amides is 4. The number of nitrogens with zero attached hydrogens (tertiary/aromatic N) is 4. The Hall–Kier alpha value is -10.0. The van der Waals surface area contributed by atoms with Gasteiger partial charge in [0.15, 0.2) is 13.2 Å². The highest BCUT2D eigenvalue weighted by atomic mass is 16.6. The second-order valence-electron chi connectivity index (χ2n) is 18.8. The monoisotopic (exact) mass is 1220 g/mol. The Morgan fingerprint density at radius 3 is 0.898 bits per heavy atom. The first-order chi connectivity index (χ1) is 42.2. The first-order valence-corrected chi connectivity index (χ1v) is 28.2. The van der Waals surface area contributed by atoms with Crippen LogP contribution in [0.1, 0.15) is 76.6 Å². The number of hydrogen-bond acceptors (Lipinski definition) is 20. The van der Waals surface area contributed by atoms with Crippen LogP contribution in [0.2, 0.25) is 0 Å². The SMILES string of the molecule is CCOC(=O)CN(Cc1ccccc1)C(=O)CCOC(=O)/C=C(\C)C(=O)OCCC(=O)N(CC(=O)OCC)Cc1ccccc1.CCOC(=O)CN(Cc1ccccc1)C(=O)COC(=O)/C=C(\C)C(=O)OCC(=O)N(CC(=O)OCC)Cc1ccccc1. The summed E-state index contributed by atoms with van der Waals surface area (Å²) in [4.78, 5) is 154. The first-order valence-electron chi connectivity index (χ1n) is 28.2. The topological polar surface area (TPSA) is 292 Å². The summed E-state index contributed by atoms with van der Waals surface area (Å²) < 4.78 is 40.0. The highest BCUT2D eigenvalue weighted by Crippen LogP contribution is 2.12. The number of benzene rings is 4. The third-order valence-electron chi connectivity index (χ3n) is 11.9. The Labute approximate surface area is 511 Å². The van der Waals surface area contributed by atoms with E-state index in [1.54, 1.807) is 76.2 Å². The predicted octanol–water partition coefficient (Wildman–Crippen LogP) is 5.19. The first kappa shape index (κ1) is 72.3. The molecule has 0 aliphatic rings. The molecule has 0 N–H and O–H groups in total. The quantitative estimate of drug-likeness (QED) is 0.0330. The molecule has 4 amide bonds. The molecule has 4 aromatic carbocycles. The third-order valence-corrected chi connectivity index (χ3v) is 11.9. The van der Waals surface area contributed by atoms with Crippen molar-refractivity contribution in [3.05, 3.63) is 167 Å². The molecule has 0 radical (unpaired) electrons. The van der Waals surface area contributed by atoms with Gasteiger partial charge in [0.25, 0.3) is 11.8 Å². The Morgan fingerprint density at radius 2 is 0.591 bits per heavy atom. The minimum Gasteiger partial charge on any atom is -0.465 e. The molecule has 4 aromatic rings. The van der Waals surface area contributed by atoms with Crippen LogP contribution in [0.5, 0.6) is 0 Å². The summed E-state index contributed by atoms with van der Waals surface area (Å²) in [5, 5.41) is 0. The zero-order valence-corrected chi connectivity index (χ0v) is 50.4. The Bertz CT molecular complexity index is 2990. The maximum atomic E-state index is 12.8. The molecule has 0 bridgehead atoms. The van der Waals surface area contributed by atoms with Gasteiger partial charge < -0.3 is 57.5 Å². The Kier molecular flexibility index (Phi) is 33.8. The van der Waals surface area contributed by atoms with E-state index in [1.807, 2.05) is 72.8 Å². The highest BCUT2D eigenvalue weighted by Gasteiger charge is 2.25. The molecule has 0 saturated heterocycles. The van der Waals surface area contributed by atoms with Crippen molar-refractivity contribution < 1.29 is 95.4 Å². The van der Waals surface area contributed by atoms with Gasteiger partial charge in [0.05, 0.1) is 39.3 Å². The van der Waals surface area contributed by atoms with E-state index in [9.17, 15) is 57.5 Å². The van der Waals surface area contributed by atoms with Crippen molar-refractivity contribution >= 4 is 71.4 Å². The number of esters is 8. The van der Waals surface area contributed by atoms with Crippen molar-refractivity contribution in [1.82, 2.24) is 19.6 Å². The smallest absolute Gasteiger partial charge is 0.334 e. The molecule has 88 heavy (non-hydrogen) atoms. The van der Waals surface area contributed by atoms with Crippen molar-refractivity contribution in [2.45, 2.75) is 80.6 Å². The fourth-order valence-electron chi connectivity index (χ4n) is 7.61. The van der Waals surface area contributed by atoms with Crippen LogP contribution in [0.15, 0.2) is 145 Å². The molecule has 24 heteroatoms. The Balaban J connectivity index is 0.000000461. The van der Waals surface area contributed by atoms with Gasteiger partial charge in [0.2, 0.25) is 11.8 Å². The molecular weight excluding hydrogens is 1140 g/mol. The number of ether oxygens (including phenoxy) is 8. The van der Waals surface area contributed by atoms with Crippen molar-refractivity contribution in [3.63, 3.8) is 0 Å². The van der Waals surface area contributed by atoms with Gasteiger partial charge in [-0.2, -0.15) is 0 Å². The maximum Gasteiger partial charge on any atom is 0.334 e. The largest absolute Gasteiger partial charge is 0.465 e. The van der Waals surface area contributed by atoms with Crippen molar-refractivity contribution in [2.24, 2.45) is 0 Å². The lowest BCUT2D eigenvalue weighted by Gasteiger charge is -2.22. The number of hydrogen-bond donors (Lipinski definition) is 0. The van der Waals surface area contributed by atoms with E-state index in [4.69, 9.17) is 37.9 Å². The van der Waals surface area contributed by atoms with Crippen LogP contribution in [0.25, 0.3) is 0 Å². The molecule has 0 aliphatic carbocycles. The lowest BCUT2D eigenvalue weighted by atomic mass is 10.2. The van der Waals surface area contributed by atoms with E-state index in [1.165, 1.54) is 33.4 Å². The summed E-state index contributed by atoms with van der Waals surface area (Å²) in [6.07, 6.45) is 1.37. The van der Waals surface area contributed by atoms with E-state index in [0.29, 0.717) is 0 Å². The molecule has 0 saturated carbocycles. The lowest BCUT2D eigenvalue weighted by molar-refractivity contribution is -0.154. The molecule has 0 fully saturated rings. The highest BCUT2D eigenvalue weighted by molar-refractivity contribution is 5.98. The van der Waals surface area contributed by atoms with Crippen LogP contribution < -0.4 is 0 Å². The second kappa shape index (κ2) is 41.1. The summed E-state index contributed by atoms with van der Waals surface area (Å²) in [7, 11) is 0. The predicted molar refractivity (Wildman–Crippen MR) is 315 cm³/mol. The number of carbonyl (C=O) groups is 12. The fraction of sp³-hybridized carbons (Fsp3) is 0.375. The van der Waals surface area contributed by atoms with E-state index < -0.39 is 84.6 Å². The maximum absolute atomic E-state index is 12.8. The molecule has 24 nitrogen and oxygen atoms in total. The van der Waals surface area contributed by atoms with E-state index >= 15 is 0 Å². The minimum atomic E-state index is -1.00. The van der Waals surface area contributed by atoms with Gasteiger partial charge >= 0.3 is 47.8 Å². The van der Waals surface area contributed by atoms with Crippen molar-refractivity contribution in [1.29, 1.82) is 0 Å². The van der Waals surface area contributed by atoms with Crippen LogP contribution >= 0.6 is 0 Å². The minimum absolute atomic E-state index is 0.0699. The molecular formula is C64H76N4O20. The van der Waals surface area contributed by atoms with Gasteiger partial charge in [0.1, 0.15) is 39.4 Å². The normalized spacial score (nSPS) is 10.8. The summed E-state index contributed by atoms with van der Waals surface area (Å²) >= 11 is 0. The molecule has 0 heterocycles. The van der Waals surface area contributed by atoms with Gasteiger partial charge in [-0.05, 0) is 63.8 Å². The molecule has 0 aromatic heterocycles. The van der Waals surface area contributed by atoms with Crippen LogP contribution in [-0.2, 0) is 122 Å². The van der Waals surface area contributed by atoms with Gasteiger partial charge in [-0.25, -0.2) is 19.2 Å². The van der Waals surface area contributed by atoms with E-state index in [0.717, 1.165) is 34.4 Å². The summed E-state index contributed by atoms with van der Waals surface area (Å²) in [6, 6.07) is 36.0. The average Bonchev–Trinajstić information content (AvgIpc) is 3.60. The van der Waals surface area contributed by atoms with Crippen LogP contribution in [0.4, 0.5) is 0 Å². The van der Waals surface area contributed by atoms with Crippen molar-refractivity contribution in [3.8, 4) is 0 Å². The average molecular weight is 1220 g/mol. The number of rotatable bonds is 34. The third kappa shape index (κ3) is 29.7. The Morgan fingerprint density at radius 1 is 0.330 bits per heavy atom. The summed E-state index contributed by atoms with van der Waals surface area (Å²) in [5.41, 5.74) is 2.88. The molecule has 0 aliphatic heterocycles. The fourth-order valence-corrected chi connectivity index (χ4v) is 7.61. The molecule has 472 valence electrons. The van der Waals surface area contributed by atoms with Gasteiger partial charge in [-0.15, -0.1) is 0 Å². The standard InChI is InChI=1S/C33H40N2O10.C31H36N2O10/c1-4-42-31(39)23-34(21-26-12-8-6-9-13-26)28(36)16-18-44-30(38)20-25(3)33(41)45-19-17-29(37)35(24-32(40)43-5-2)22-27-14-10-7-11-15-27;1-4-40-29(37)19-32(17-24-12-8-6-9-13-24)26(34)21-42-28(36)16-23(3)31(39)43-22-27(35)33(20-30(38)41-5-2)18-25-14-10-7-11-15-25/h6-15,20H,4-5,16-19,21-24H2,1-3H3;6-16H,4-5,17-22H2,1-3H3/b25-20+;23-16+. The van der Waals surface area contributed by atoms with E-state index in [2.05, 4.69) is 0 Å². The van der Waals surface area contributed by atoms with Gasteiger partial charge in [-0.3, -0.25) is 38.4 Å². The zero-order chi connectivity index (χ0) is 64.6. The van der Waals surface area contributed by atoms with Crippen molar-refractivity contribution in [2.75, 3.05) is 79.0 Å². The lowest BCUT2D eigenvalue weighted by Crippen LogP contribution is -2.39. The molecule has 4 rings (SSSR count). The summed E-state index contributed by atoms with van der Waals surface area (Å²) in [6.45, 7) is 7.27. The van der Waals surface area contributed by atoms with E-state index in [-0.39, 0.29) is 116 Å². The number of carbonyl (C=O) groups excluding carboxylic acids is 12. The van der Waals surface area contributed by atoms with Crippen LogP contribution in [0.3, 0.4) is 0 Å². The van der Waals surface area contributed by atoms with Crippen LogP contribution in [0, 0.1) is 0 Å². The molecule has 0 spiro atoms. The zero-order valence-electron chi connectivity index (χ0n) is 50.4. The molecule has 0 unspecified atom stereocenters. The molecule has 0 atom stereocenters. The second-order valence-corrected chi connectivity index (χ2v) is 18.8. The summed E-state index contributed by atoms with van der Waals surface area (Å²) in [5.74, 6) is -8.15. The van der Waals surface area contributed by atoms with Gasteiger partial charge in [0, 0.05) is 49.5 Å².